The van der Waals surface area contributed by atoms with Crippen LogP contribution in [0.25, 0.3) is 0 Å². The second-order valence-electron chi connectivity index (χ2n) is 10.4. The first-order chi connectivity index (χ1) is 16.9. The Morgan fingerprint density at radius 1 is 1.23 bits per heavy atom. The van der Waals surface area contributed by atoms with Crippen LogP contribution in [0.3, 0.4) is 0 Å². The largest absolute Gasteiger partial charge is 0.491 e. The number of benzene rings is 1. The average Bonchev–Trinajstić information content (AvgIpc) is 3.28. The summed E-state index contributed by atoms with van der Waals surface area (Å²) in [6.45, 7) is 5.96. The van der Waals surface area contributed by atoms with Crippen LogP contribution >= 0.6 is 11.3 Å². The Labute approximate surface area is 212 Å². The van der Waals surface area contributed by atoms with Gasteiger partial charge in [-0.15, -0.1) is 0 Å². The molecule has 1 saturated heterocycles. The third-order valence-corrected chi connectivity index (χ3v) is 8.14. The fourth-order valence-corrected chi connectivity index (χ4v) is 6.00. The first kappa shape index (κ1) is 25.5. The van der Waals surface area contributed by atoms with Crippen molar-refractivity contribution in [1.29, 1.82) is 0 Å². The summed E-state index contributed by atoms with van der Waals surface area (Å²) in [6, 6.07) is 8.22. The van der Waals surface area contributed by atoms with Gasteiger partial charge in [0, 0.05) is 13.1 Å². The molecule has 4 rings (SSSR count). The highest BCUT2D eigenvalue weighted by atomic mass is 32.1. The molecule has 1 fully saturated rings. The molecule has 2 amide bonds. The topological polar surface area (TPSA) is 97.6 Å². The van der Waals surface area contributed by atoms with Crippen LogP contribution in [0.1, 0.15) is 74.0 Å². The van der Waals surface area contributed by atoms with E-state index in [2.05, 4.69) is 36.3 Å². The number of nitrogens with two attached hydrogens (primary N) is 1. The van der Waals surface area contributed by atoms with Crippen molar-refractivity contribution in [2.45, 2.75) is 71.3 Å². The lowest BCUT2D eigenvalue weighted by molar-refractivity contribution is -0.135. The molecular formula is C27H38N4O3S. The van der Waals surface area contributed by atoms with Crippen molar-refractivity contribution >= 4 is 28.3 Å². The van der Waals surface area contributed by atoms with Crippen molar-refractivity contribution in [3.05, 3.63) is 40.9 Å². The molecule has 2 aromatic rings. The van der Waals surface area contributed by atoms with E-state index in [-0.39, 0.29) is 17.9 Å². The van der Waals surface area contributed by atoms with Gasteiger partial charge in [0.1, 0.15) is 17.2 Å². The number of nitrogens with one attached hydrogen (secondary N) is 1. The Morgan fingerprint density at radius 2 is 2.00 bits per heavy atom. The summed E-state index contributed by atoms with van der Waals surface area (Å²) in [5.74, 6) is 1.45. The zero-order chi connectivity index (χ0) is 24.8. The van der Waals surface area contributed by atoms with Crippen LogP contribution in [0.5, 0.6) is 5.75 Å². The van der Waals surface area contributed by atoms with Gasteiger partial charge < -0.3 is 20.7 Å². The Bertz CT molecular complexity index is 1010. The lowest BCUT2D eigenvalue weighted by Crippen LogP contribution is -2.53. The monoisotopic (exact) mass is 498 g/mol. The minimum Gasteiger partial charge on any atom is -0.491 e. The van der Waals surface area contributed by atoms with Gasteiger partial charge in [-0.3, -0.25) is 9.59 Å². The Balaban J connectivity index is 1.49. The van der Waals surface area contributed by atoms with Crippen LogP contribution in [-0.2, 0) is 11.2 Å². The van der Waals surface area contributed by atoms with E-state index in [0.717, 1.165) is 44.3 Å². The molecule has 0 radical (unpaired) electrons. The maximum absolute atomic E-state index is 13.8. The maximum atomic E-state index is 13.8. The minimum absolute atomic E-state index is 0.0389. The van der Waals surface area contributed by atoms with Gasteiger partial charge in [-0.1, -0.05) is 56.2 Å². The smallest absolute Gasteiger partial charge is 0.265 e. The van der Waals surface area contributed by atoms with Gasteiger partial charge in [-0.25, -0.2) is 4.98 Å². The molecule has 0 bridgehead atoms. The van der Waals surface area contributed by atoms with E-state index in [1.165, 1.54) is 16.9 Å². The van der Waals surface area contributed by atoms with E-state index in [1.807, 2.05) is 17.0 Å². The number of nitrogens with zero attached hydrogens (tertiary/aromatic N) is 2. The number of carbonyl (C=O) groups is 2. The Kier molecular flexibility index (Phi) is 8.31. The summed E-state index contributed by atoms with van der Waals surface area (Å²) in [4.78, 5) is 33.1. The molecule has 3 N–H and O–H groups in total. The molecule has 1 aromatic heterocycles. The predicted molar refractivity (Wildman–Crippen MR) is 140 cm³/mol. The number of amides is 2. The van der Waals surface area contributed by atoms with Gasteiger partial charge in [0.25, 0.3) is 5.91 Å². The third kappa shape index (κ3) is 6.34. The number of fused-ring (bicyclic) bond motifs is 1. The number of anilines is 1. The number of carbonyl (C=O) groups excluding carboxylic acids is 2. The van der Waals surface area contributed by atoms with Crippen molar-refractivity contribution in [3.8, 4) is 5.75 Å². The van der Waals surface area contributed by atoms with Crippen molar-refractivity contribution in [1.82, 2.24) is 15.2 Å². The number of hydrogen-bond acceptors (Lipinski definition) is 6. The first-order valence-corrected chi connectivity index (χ1v) is 13.7. The molecule has 1 aromatic carbocycles. The molecule has 3 heterocycles. The van der Waals surface area contributed by atoms with Crippen LogP contribution in [0.4, 0.5) is 5.13 Å². The summed E-state index contributed by atoms with van der Waals surface area (Å²) < 4.78 is 6.26. The van der Waals surface area contributed by atoms with Gasteiger partial charge in [0.2, 0.25) is 5.91 Å². The molecule has 8 heteroatoms. The fourth-order valence-electron chi connectivity index (χ4n) is 5.34. The zero-order valence-electron chi connectivity index (χ0n) is 20.9. The van der Waals surface area contributed by atoms with Gasteiger partial charge in [-0.2, -0.15) is 0 Å². The lowest BCUT2D eigenvalue weighted by Gasteiger charge is -2.41. The molecule has 7 nitrogen and oxygen atoms in total. The summed E-state index contributed by atoms with van der Waals surface area (Å²) in [5, 5.41) is 3.77. The molecule has 35 heavy (non-hydrogen) atoms. The highest BCUT2D eigenvalue weighted by Gasteiger charge is 2.42. The van der Waals surface area contributed by atoms with Gasteiger partial charge >= 0.3 is 0 Å². The summed E-state index contributed by atoms with van der Waals surface area (Å²) in [5.41, 5.74) is 6.52. The van der Waals surface area contributed by atoms with E-state index < -0.39 is 5.41 Å². The third-order valence-electron chi connectivity index (χ3n) is 7.33. The van der Waals surface area contributed by atoms with E-state index in [1.54, 1.807) is 6.20 Å². The second kappa shape index (κ2) is 11.4. The highest BCUT2D eigenvalue weighted by molar-refractivity contribution is 7.17. The summed E-state index contributed by atoms with van der Waals surface area (Å²) >= 11 is 1.22. The number of nitrogen functional groups attached to an aromatic ring is 1. The first-order valence-electron chi connectivity index (χ1n) is 12.9. The van der Waals surface area contributed by atoms with Gasteiger partial charge in [0.05, 0.1) is 17.7 Å². The molecule has 0 saturated carbocycles. The number of rotatable bonds is 3. The Morgan fingerprint density at radius 3 is 2.71 bits per heavy atom. The molecule has 190 valence electrons. The van der Waals surface area contributed by atoms with Crippen molar-refractivity contribution in [2.24, 2.45) is 11.3 Å². The minimum atomic E-state index is -0.445. The van der Waals surface area contributed by atoms with E-state index in [9.17, 15) is 9.59 Å². The summed E-state index contributed by atoms with van der Waals surface area (Å²) in [7, 11) is 0. The van der Waals surface area contributed by atoms with Crippen LogP contribution in [-0.4, -0.2) is 47.4 Å². The maximum Gasteiger partial charge on any atom is 0.265 e. The van der Waals surface area contributed by atoms with E-state index in [0.29, 0.717) is 48.5 Å². The van der Waals surface area contributed by atoms with Crippen LogP contribution < -0.4 is 15.8 Å². The SMILES string of the molecule is CC(C)C[C@H]1COc2ccccc2CCCCCC2(CCN(C(=O)c3cnc(N)s3)CC2)C(=O)N1. The van der Waals surface area contributed by atoms with E-state index in [4.69, 9.17) is 10.5 Å². The molecular weight excluding hydrogens is 460 g/mol. The number of aromatic nitrogens is 1. The van der Waals surface area contributed by atoms with E-state index >= 15 is 0 Å². The quantitative estimate of drug-likeness (QED) is 0.641. The number of aryl methyl sites for hydroxylation is 1. The Hall–Kier alpha value is -2.61. The molecule has 2 aliphatic rings. The molecule has 2 aliphatic heterocycles. The number of hydrogen-bond donors (Lipinski definition) is 2. The summed E-state index contributed by atoms with van der Waals surface area (Å²) in [6.07, 6.45) is 8.75. The number of para-hydroxylation sites is 1. The number of piperidine rings is 1. The molecule has 0 unspecified atom stereocenters. The molecule has 1 spiro atoms. The van der Waals surface area contributed by atoms with Crippen LogP contribution in [0.15, 0.2) is 30.5 Å². The zero-order valence-corrected chi connectivity index (χ0v) is 21.7. The number of ether oxygens (including phenoxy) is 1. The predicted octanol–water partition coefficient (Wildman–Crippen LogP) is 4.67. The number of likely N-dealkylation sites (tertiary alicyclic amines) is 1. The second-order valence-corrected chi connectivity index (χ2v) is 11.5. The average molecular weight is 499 g/mol. The standard InChI is InChI=1S/C27H38N4O3S/c1-19(2)16-21-18-34-22-10-6-5-9-20(22)8-4-3-7-11-27(25(33)30-21)12-14-31(15-13-27)24(32)23-17-29-26(28)35-23/h5-6,9-10,17,19,21H,3-4,7-8,11-16,18H2,1-2H3,(H2,28,29)(H,30,33)/t21-/m0/s1. The van der Waals surface area contributed by atoms with Gasteiger partial charge in [-0.05, 0) is 56.1 Å². The highest BCUT2D eigenvalue weighted by Crippen LogP contribution is 2.38. The van der Waals surface area contributed by atoms with Crippen molar-refractivity contribution in [2.75, 3.05) is 25.4 Å². The van der Waals surface area contributed by atoms with Crippen LogP contribution in [0, 0.1) is 11.3 Å². The number of thiazole rings is 1. The van der Waals surface area contributed by atoms with Crippen molar-refractivity contribution in [3.63, 3.8) is 0 Å². The molecule has 1 atom stereocenters. The van der Waals surface area contributed by atoms with Gasteiger partial charge in [0.15, 0.2) is 5.13 Å². The van der Waals surface area contributed by atoms with Crippen molar-refractivity contribution < 1.29 is 14.3 Å². The van der Waals surface area contributed by atoms with Crippen LogP contribution in [0.2, 0.25) is 0 Å². The lowest BCUT2D eigenvalue weighted by atomic mass is 9.73. The fraction of sp³-hybridized carbons (Fsp3) is 0.593. The normalized spacial score (nSPS) is 21.3. The molecule has 0 aliphatic carbocycles.